The van der Waals surface area contributed by atoms with Crippen molar-refractivity contribution >= 4 is 38.6 Å². The number of nitrogens with zero attached hydrogens (tertiary/aromatic N) is 1. The average Bonchev–Trinajstić information content (AvgIpc) is 2.46. The van der Waals surface area contributed by atoms with Gasteiger partial charge in [0.15, 0.2) is 4.73 Å². The van der Waals surface area contributed by atoms with Crippen molar-refractivity contribution in [3.05, 3.63) is 21.9 Å². The Bertz CT molecular complexity index is 455. The van der Waals surface area contributed by atoms with Crippen molar-refractivity contribution in [2.45, 2.75) is 0 Å². The van der Waals surface area contributed by atoms with Crippen molar-refractivity contribution in [1.29, 1.82) is 0 Å². The SMILES string of the molecule is COc1cc(Cl)c2nc(Br)[nH]c2c1. The Morgan fingerprint density at radius 2 is 2.31 bits per heavy atom. The van der Waals surface area contributed by atoms with Gasteiger partial charge in [0, 0.05) is 12.1 Å². The van der Waals surface area contributed by atoms with Crippen molar-refractivity contribution < 1.29 is 4.74 Å². The number of imidazole rings is 1. The van der Waals surface area contributed by atoms with E-state index in [0.717, 1.165) is 11.0 Å². The van der Waals surface area contributed by atoms with Crippen LogP contribution in [0.15, 0.2) is 16.9 Å². The number of aromatic nitrogens is 2. The molecule has 0 atom stereocenters. The highest BCUT2D eigenvalue weighted by Crippen LogP contribution is 2.28. The number of methoxy groups -OCH3 is 1. The summed E-state index contributed by atoms with van der Waals surface area (Å²) in [5.41, 5.74) is 1.60. The highest BCUT2D eigenvalue weighted by Gasteiger charge is 2.06. The second-order valence-electron chi connectivity index (χ2n) is 2.53. The third kappa shape index (κ3) is 1.51. The molecule has 1 N–H and O–H groups in total. The molecule has 1 heterocycles. The predicted octanol–water partition coefficient (Wildman–Crippen LogP) is 2.99. The Morgan fingerprint density at radius 1 is 1.54 bits per heavy atom. The van der Waals surface area contributed by atoms with Crippen LogP contribution in [0.2, 0.25) is 5.02 Å². The number of H-pyrrole nitrogens is 1. The molecule has 0 spiro atoms. The van der Waals surface area contributed by atoms with Gasteiger partial charge in [-0.25, -0.2) is 4.98 Å². The van der Waals surface area contributed by atoms with Crippen LogP contribution in [0.1, 0.15) is 0 Å². The minimum Gasteiger partial charge on any atom is -0.497 e. The number of ether oxygens (including phenoxy) is 1. The number of aromatic amines is 1. The molecule has 2 rings (SSSR count). The van der Waals surface area contributed by atoms with E-state index < -0.39 is 0 Å². The van der Waals surface area contributed by atoms with Gasteiger partial charge in [0.1, 0.15) is 11.3 Å². The summed E-state index contributed by atoms with van der Waals surface area (Å²) in [6, 6.07) is 3.58. The first-order valence-corrected chi connectivity index (χ1v) is 4.76. The van der Waals surface area contributed by atoms with E-state index in [1.807, 2.05) is 6.07 Å². The summed E-state index contributed by atoms with van der Waals surface area (Å²) in [4.78, 5) is 7.18. The third-order valence-electron chi connectivity index (χ3n) is 1.72. The molecule has 1 aromatic heterocycles. The maximum Gasteiger partial charge on any atom is 0.175 e. The molecule has 0 aliphatic heterocycles. The molecular weight excluding hydrogens is 255 g/mol. The number of fused-ring (bicyclic) bond motifs is 1. The minimum absolute atomic E-state index is 0.580. The maximum absolute atomic E-state index is 5.97. The Hall–Kier alpha value is -0.740. The van der Waals surface area contributed by atoms with E-state index in [0.29, 0.717) is 15.5 Å². The zero-order valence-corrected chi connectivity index (χ0v) is 9.11. The van der Waals surface area contributed by atoms with Gasteiger partial charge < -0.3 is 9.72 Å². The van der Waals surface area contributed by atoms with Crippen molar-refractivity contribution in [3.63, 3.8) is 0 Å². The zero-order chi connectivity index (χ0) is 9.42. The standard InChI is InChI=1S/C8H6BrClN2O/c1-13-4-2-5(10)7-6(3-4)11-8(9)12-7/h2-3H,1H3,(H,11,12). The smallest absolute Gasteiger partial charge is 0.175 e. The summed E-state index contributed by atoms with van der Waals surface area (Å²) in [7, 11) is 1.60. The van der Waals surface area contributed by atoms with Gasteiger partial charge in [0.2, 0.25) is 0 Å². The summed E-state index contributed by atoms with van der Waals surface area (Å²) in [5.74, 6) is 0.716. The lowest BCUT2D eigenvalue weighted by Crippen LogP contribution is -1.82. The van der Waals surface area contributed by atoms with Gasteiger partial charge in [-0.2, -0.15) is 0 Å². The summed E-state index contributed by atoms with van der Waals surface area (Å²) < 4.78 is 5.73. The van der Waals surface area contributed by atoms with Crippen LogP contribution in [0.5, 0.6) is 5.75 Å². The summed E-state index contributed by atoms with van der Waals surface area (Å²) in [6.45, 7) is 0. The van der Waals surface area contributed by atoms with Crippen LogP contribution in [0.3, 0.4) is 0 Å². The van der Waals surface area contributed by atoms with Crippen LogP contribution < -0.4 is 4.74 Å². The van der Waals surface area contributed by atoms with Crippen LogP contribution in [-0.4, -0.2) is 17.1 Å². The highest BCUT2D eigenvalue weighted by atomic mass is 79.9. The molecule has 0 bridgehead atoms. The molecule has 0 radical (unpaired) electrons. The van der Waals surface area contributed by atoms with Gasteiger partial charge in [-0.15, -0.1) is 0 Å². The van der Waals surface area contributed by atoms with Gasteiger partial charge >= 0.3 is 0 Å². The fourth-order valence-corrected chi connectivity index (χ4v) is 1.78. The first kappa shape index (κ1) is 8.84. The normalized spacial score (nSPS) is 10.7. The van der Waals surface area contributed by atoms with Crippen LogP contribution in [0.25, 0.3) is 11.0 Å². The summed E-state index contributed by atoms with van der Waals surface area (Å²) in [5, 5.41) is 0.580. The van der Waals surface area contributed by atoms with Crippen LogP contribution >= 0.6 is 27.5 Å². The zero-order valence-electron chi connectivity index (χ0n) is 6.77. The van der Waals surface area contributed by atoms with Gasteiger partial charge in [-0.3, -0.25) is 0 Å². The predicted molar refractivity (Wildman–Crippen MR) is 55.4 cm³/mol. The Balaban J connectivity index is 2.75. The van der Waals surface area contributed by atoms with Crippen molar-refractivity contribution in [2.24, 2.45) is 0 Å². The first-order chi connectivity index (χ1) is 6.20. The molecule has 3 nitrogen and oxygen atoms in total. The second-order valence-corrected chi connectivity index (χ2v) is 3.69. The van der Waals surface area contributed by atoms with Crippen LogP contribution in [0.4, 0.5) is 0 Å². The van der Waals surface area contributed by atoms with Crippen LogP contribution in [-0.2, 0) is 0 Å². The Labute approximate surface area is 88.2 Å². The van der Waals surface area contributed by atoms with Crippen molar-refractivity contribution in [2.75, 3.05) is 7.11 Å². The molecule has 2 aromatic rings. The number of nitrogens with one attached hydrogen (secondary N) is 1. The molecular formula is C8H6BrClN2O. The minimum atomic E-state index is 0.580. The molecule has 0 fully saturated rings. The van der Waals surface area contributed by atoms with Gasteiger partial charge in [-0.05, 0) is 15.9 Å². The lowest BCUT2D eigenvalue weighted by molar-refractivity contribution is 0.415. The Morgan fingerprint density at radius 3 is 3.00 bits per heavy atom. The number of rotatable bonds is 1. The molecule has 0 saturated heterocycles. The lowest BCUT2D eigenvalue weighted by Gasteiger charge is -1.99. The van der Waals surface area contributed by atoms with E-state index in [1.54, 1.807) is 13.2 Å². The second kappa shape index (κ2) is 3.20. The highest BCUT2D eigenvalue weighted by molar-refractivity contribution is 9.10. The number of benzene rings is 1. The van der Waals surface area contributed by atoms with Gasteiger partial charge in [0.05, 0.1) is 17.6 Å². The largest absolute Gasteiger partial charge is 0.497 e. The maximum atomic E-state index is 5.97. The molecule has 0 unspecified atom stereocenters. The van der Waals surface area contributed by atoms with E-state index in [-0.39, 0.29) is 0 Å². The first-order valence-electron chi connectivity index (χ1n) is 3.59. The molecule has 0 aliphatic rings. The van der Waals surface area contributed by atoms with E-state index in [2.05, 4.69) is 25.9 Å². The summed E-state index contributed by atoms with van der Waals surface area (Å²) >= 11 is 9.21. The fourth-order valence-electron chi connectivity index (χ4n) is 1.14. The van der Waals surface area contributed by atoms with Crippen LogP contribution in [0, 0.1) is 0 Å². The molecule has 13 heavy (non-hydrogen) atoms. The van der Waals surface area contributed by atoms with Crippen molar-refractivity contribution in [1.82, 2.24) is 9.97 Å². The molecule has 0 aliphatic carbocycles. The number of halogens is 2. The Kier molecular flexibility index (Phi) is 2.17. The lowest BCUT2D eigenvalue weighted by atomic mass is 10.3. The average molecular weight is 262 g/mol. The molecule has 1 aromatic carbocycles. The van der Waals surface area contributed by atoms with Gasteiger partial charge in [-0.1, -0.05) is 11.6 Å². The van der Waals surface area contributed by atoms with E-state index in [9.17, 15) is 0 Å². The number of hydrogen-bond acceptors (Lipinski definition) is 2. The molecule has 68 valence electrons. The van der Waals surface area contributed by atoms with E-state index in [4.69, 9.17) is 16.3 Å². The van der Waals surface area contributed by atoms with Gasteiger partial charge in [0.25, 0.3) is 0 Å². The molecule has 5 heteroatoms. The van der Waals surface area contributed by atoms with E-state index in [1.165, 1.54) is 0 Å². The van der Waals surface area contributed by atoms with E-state index >= 15 is 0 Å². The monoisotopic (exact) mass is 260 g/mol. The molecule has 0 amide bonds. The quantitative estimate of drug-likeness (QED) is 0.857. The number of hydrogen-bond donors (Lipinski definition) is 1. The van der Waals surface area contributed by atoms with Crippen molar-refractivity contribution in [3.8, 4) is 5.75 Å². The summed E-state index contributed by atoms with van der Waals surface area (Å²) in [6.07, 6.45) is 0. The topological polar surface area (TPSA) is 37.9 Å². The fraction of sp³-hybridized carbons (Fsp3) is 0.125. The molecule has 0 saturated carbocycles. The third-order valence-corrected chi connectivity index (χ3v) is 2.38.